The first-order valence-corrected chi connectivity index (χ1v) is 12.4. The van der Waals surface area contributed by atoms with E-state index in [0.29, 0.717) is 41.8 Å². The molecule has 1 fully saturated rings. The average Bonchev–Trinajstić information content (AvgIpc) is 3.54. The molecule has 9 nitrogen and oxygen atoms in total. The monoisotopic (exact) mass is 549 g/mol. The van der Waals surface area contributed by atoms with Crippen LogP contribution >= 0.6 is 0 Å². The summed E-state index contributed by atoms with van der Waals surface area (Å²) in [6.07, 6.45) is -3.30. The predicted octanol–water partition coefficient (Wildman–Crippen LogP) is 5.76. The summed E-state index contributed by atoms with van der Waals surface area (Å²) in [6, 6.07) is 15.9. The molecular formula is C28H26F3N7O2. The molecular weight excluding hydrogens is 523 g/mol. The lowest BCUT2D eigenvalue weighted by molar-refractivity contribution is -0.274. The smallest absolute Gasteiger partial charge is 0.406 e. The predicted molar refractivity (Wildman–Crippen MR) is 146 cm³/mol. The molecule has 0 spiro atoms. The highest BCUT2D eigenvalue weighted by Gasteiger charge is 2.31. The molecule has 1 saturated heterocycles. The van der Waals surface area contributed by atoms with Gasteiger partial charge in [0, 0.05) is 30.0 Å². The molecule has 1 aromatic heterocycles. The minimum atomic E-state index is -4.76. The van der Waals surface area contributed by atoms with Gasteiger partial charge in [0.05, 0.1) is 5.69 Å². The Balaban J connectivity index is 1.25. The van der Waals surface area contributed by atoms with Crippen LogP contribution in [0.5, 0.6) is 5.75 Å². The Hall–Kier alpha value is -4.87. The first-order chi connectivity index (χ1) is 19.1. The number of nitrogens with one attached hydrogen (secondary N) is 2. The van der Waals surface area contributed by atoms with Crippen LogP contribution in [-0.4, -0.2) is 46.2 Å². The first kappa shape index (κ1) is 26.7. The third-order valence-corrected chi connectivity index (χ3v) is 6.21. The third-order valence-electron chi connectivity index (χ3n) is 6.21. The average molecular weight is 550 g/mol. The van der Waals surface area contributed by atoms with Crippen LogP contribution in [0.15, 0.2) is 72.0 Å². The van der Waals surface area contributed by atoms with Gasteiger partial charge in [-0.3, -0.25) is 0 Å². The standard InChI is InChI=1S/C28H26F3N7O2/c1-17-14-18(2)24(19(3)15-17)37-13-12-32-26(37)35-27(39)34-21-6-4-20(5-7-21)25-33-16-38(36-25)22-8-10-23(11-9-22)40-28(29,30)31/h4-11,14-16H,12-13H2,1-3H3,(H2,32,34,35,39). The normalized spacial score (nSPS) is 14.3. The highest BCUT2D eigenvalue weighted by Crippen LogP contribution is 2.28. The van der Waals surface area contributed by atoms with Crippen LogP contribution in [0.2, 0.25) is 0 Å². The fraction of sp³-hybridized carbons (Fsp3) is 0.214. The number of guanidine groups is 1. The van der Waals surface area contributed by atoms with Gasteiger partial charge >= 0.3 is 12.4 Å². The highest BCUT2D eigenvalue weighted by molar-refractivity contribution is 6.07. The number of rotatable bonds is 5. The van der Waals surface area contributed by atoms with Crippen LogP contribution in [0, 0.1) is 20.8 Å². The van der Waals surface area contributed by atoms with E-state index in [1.165, 1.54) is 40.8 Å². The van der Waals surface area contributed by atoms with Crippen LogP contribution in [0.3, 0.4) is 0 Å². The molecule has 1 aliphatic heterocycles. The summed E-state index contributed by atoms with van der Waals surface area (Å²) in [5.41, 5.74) is 6.22. The van der Waals surface area contributed by atoms with Crippen LogP contribution in [0.4, 0.5) is 29.3 Å². The SMILES string of the molecule is Cc1cc(C)c(N2CCN/C2=N\C(=O)Nc2ccc(-c3ncn(-c4ccc(OC(F)(F)F)cc4)n3)cc2)c(C)c1. The number of amides is 2. The molecule has 2 heterocycles. The molecule has 0 aliphatic carbocycles. The van der Waals surface area contributed by atoms with Crippen molar-refractivity contribution in [2.45, 2.75) is 27.1 Å². The summed E-state index contributed by atoms with van der Waals surface area (Å²) in [6.45, 7) is 7.54. The number of carbonyl (C=O) groups excluding carboxylic acids is 1. The zero-order valence-electron chi connectivity index (χ0n) is 22.0. The minimum Gasteiger partial charge on any atom is -0.406 e. The Morgan fingerprint density at radius 2 is 1.70 bits per heavy atom. The van der Waals surface area contributed by atoms with Gasteiger partial charge < -0.3 is 20.3 Å². The van der Waals surface area contributed by atoms with E-state index in [9.17, 15) is 18.0 Å². The fourth-order valence-corrected chi connectivity index (χ4v) is 4.67. The number of aromatic nitrogens is 3. The van der Waals surface area contributed by atoms with Crippen LogP contribution < -0.4 is 20.3 Å². The molecule has 0 atom stereocenters. The van der Waals surface area contributed by atoms with E-state index < -0.39 is 12.4 Å². The van der Waals surface area contributed by atoms with Crippen molar-refractivity contribution in [3.63, 3.8) is 0 Å². The largest absolute Gasteiger partial charge is 0.573 e. The number of nitrogens with zero attached hydrogens (tertiary/aromatic N) is 5. The zero-order valence-corrected chi connectivity index (χ0v) is 22.0. The van der Waals surface area contributed by atoms with E-state index >= 15 is 0 Å². The van der Waals surface area contributed by atoms with Crippen molar-refractivity contribution < 1.29 is 22.7 Å². The first-order valence-electron chi connectivity index (χ1n) is 12.4. The molecule has 2 N–H and O–H groups in total. The number of aryl methyl sites for hydroxylation is 3. The van der Waals surface area contributed by atoms with Crippen molar-refractivity contribution in [3.8, 4) is 22.8 Å². The Morgan fingerprint density at radius 3 is 2.35 bits per heavy atom. The fourth-order valence-electron chi connectivity index (χ4n) is 4.67. The second-order valence-corrected chi connectivity index (χ2v) is 9.32. The molecule has 0 saturated carbocycles. The third kappa shape index (κ3) is 6.06. The second-order valence-electron chi connectivity index (χ2n) is 9.32. The molecule has 1 aliphatic rings. The van der Waals surface area contributed by atoms with Gasteiger partial charge in [-0.15, -0.1) is 18.3 Å². The molecule has 2 amide bonds. The Kier molecular flexibility index (Phi) is 7.16. The van der Waals surface area contributed by atoms with Crippen LogP contribution in [0.25, 0.3) is 17.1 Å². The van der Waals surface area contributed by atoms with E-state index in [0.717, 1.165) is 16.8 Å². The van der Waals surface area contributed by atoms with Crippen molar-refractivity contribution in [1.82, 2.24) is 20.1 Å². The number of benzene rings is 3. The van der Waals surface area contributed by atoms with E-state index in [1.807, 2.05) is 18.7 Å². The van der Waals surface area contributed by atoms with Gasteiger partial charge in [-0.1, -0.05) is 17.7 Å². The van der Waals surface area contributed by atoms with Gasteiger partial charge in [-0.25, -0.2) is 14.5 Å². The maximum atomic E-state index is 12.7. The van der Waals surface area contributed by atoms with Crippen LogP contribution in [0.1, 0.15) is 16.7 Å². The van der Waals surface area contributed by atoms with Gasteiger partial charge in [-0.05, 0) is 80.4 Å². The number of halogens is 3. The summed E-state index contributed by atoms with van der Waals surface area (Å²) >= 11 is 0. The number of alkyl halides is 3. The van der Waals surface area contributed by atoms with E-state index in [-0.39, 0.29) is 5.75 Å². The van der Waals surface area contributed by atoms with Gasteiger partial charge in [0.2, 0.25) is 5.96 Å². The van der Waals surface area contributed by atoms with Gasteiger partial charge in [-0.2, -0.15) is 4.99 Å². The van der Waals surface area contributed by atoms with E-state index in [2.05, 4.69) is 49.5 Å². The number of hydrogen-bond donors (Lipinski definition) is 2. The molecule has 0 bridgehead atoms. The number of anilines is 2. The quantitative estimate of drug-likeness (QED) is 0.329. The molecule has 40 heavy (non-hydrogen) atoms. The summed E-state index contributed by atoms with van der Waals surface area (Å²) < 4.78 is 42.5. The Labute approximate surface area is 228 Å². The number of urea groups is 1. The van der Waals surface area contributed by atoms with Crippen molar-refractivity contribution in [2.75, 3.05) is 23.3 Å². The lowest BCUT2D eigenvalue weighted by atomic mass is 10.0. The van der Waals surface area contributed by atoms with Gasteiger partial charge in [0.1, 0.15) is 12.1 Å². The maximum Gasteiger partial charge on any atom is 0.573 e. The van der Waals surface area contributed by atoms with Crippen LogP contribution in [-0.2, 0) is 0 Å². The Morgan fingerprint density at radius 1 is 1.02 bits per heavy atom. The summed E-state index contributed by atoms with van der Waals surface area (Å²) in [4.78, 5) is 23.3. The number of ether oxygens (including phenoxy) is 1. The number of aliphatic imine (C=N–C) groups is 1. The van der Waals surface area contributed by atoms with Crippen molar-refractivity contribution >= 4 is 23.4 Å². The zero-order chi connectivity index (χ0) is 28.4. The topological polar surface area (TPSA) is 96.7 Å². The molecule has 5 rings (SSSR count). The number of hydrogen-bond acceptors (Lipinski definition) is 4. The highest BCUT2D eigenvalue weighted by atomic mass is 19.4. The lowest BCUT2D eigenvalue weighted by Crippen LogP contribution is -2.32. The summed E-state index contributed by atoms with van der Waals surface area (Å²) in [5, 5.41) is 10.4. The minimum absolute atomic E-state index is 0.323. The summed E-state index contributed by atoms with van der Waals surface area (Å²) in [5.74, 6) is 0.580. The molecule has 4 aromatic rings. The molecule has 206 valence electrons. The van der Waals surface area contributed by atoms with Gasteiger partial charge in [0.15, 0.2) is 5.82 Å². The molecule has 0 unspecified atom stereocenters. The van der Waals surface area contributed by atoms with E-state index in [1.54, 1.807) is 24.3 Å². The maximum absolute atomic E-state index is 12.7. The Bertz CT molecular complexity index is 1540. The lowest BCUT2D eigenvalue weighted by Gasteiger charge is -2.22. The molecule has 12 heteroatoms. The molecule has 3 aromatic carbocycles. The second kappa shape index (κ2) is 10.7. The molecule has 0 radical (unpaired) electrons. The van der Waals surface area contributed by atoms with Crippen molar-refractivity contribution in [3.05, 3.63) is 83.7 Å². The van der Waals surface area contributed by atoms with Crippen molar-refractivity contribution in [2.24, 2.45) is 4.99 Å². The van der Waals surface area contributed by atoms with Crippen molar-refractivity contribution in [1.29, 1.82) is 0 Å². The summed E-state index contributed by atoms with van der Waals surface area (Å²) in [7, 11) is 0. The number of carbonyl (C=O) groups is 1. The van der Waals surface area contributed by atoms with Gasteiger partial charge in [0.25, 0.3) is 0 Å². The van der Waals surface area contributed by atoms with E-state index in [4.69, 9.17) is 0 Å².